The normalized spacial score (nSPS) is 20.8. The van der Waals surface area contributed by atoms with E-state index in [0.717, 1.165) is 37.3 Å². The highest BCUT2D eigenvalue weighted by atomic mass is 16.2. The van der Waals surface area contributed by atoms with Crippen LogP contribution in [-0.2, 0) is 17.8 Å². The van der Waals surface area contributed by atoms with Crippen LogP contribution in [0.2, 0.25) is 0 Å². The van der Waals surface area contributed by atoms with Crippen LogP contribution in [0, 0.1) is 5.92 Å². The third-order valence-electron chi connectivity index (χ3n) is 4.32. The Balaban J connectivity index is 1.57. The number of nitrogens with zero attached hydrogens (tertiary/aromatic N) is 2. The Morgan fingerprint density at radius 1 is 1.39 bits per heavy atom. The lowest BCUT2D eigenvalue weighted by Crippen LogP contribution is -2.37. The molecule has 1 aromatic rings. The quantitative estimate of drug-likeness (QED) is 0.871. The van der Waals surface area contributed by atoms with E-state index in [1.54, 1.807) is 6.33 Å². The van der Waals surface area contributed by atoms with E-state index in [2.05, 4.69) is 9.97 Å². The number of carbonyl (C=O) groups is 1. The van der Waals surface area contributed by atoms with Crippen molar-refractivity contribution in [2.75, 3.05) is 6.54 Å². The Labute approximate surface area is 108 Å². The molecule has 1 aliphatic carbocycles. The monoisotopic (exact) mass is 247 g/mol. The van der Waals surface area contributed by atoms with Gasteiger partial charge < -0.3 is 9.88 Å². The number of aromatic nitrogens is 2. The van der Waals surface area contributed by atoms with Gasteiger partial charge >= 0.3 is 0 Å². The molecule has 98 valence electrons. The van der Waals surface area contributed by atoms with Crippen molar-refractivity contribution in [1.29, 1.82) is 0 Å². The molecular weight excluding hydrogens is 226 g/mol. The van der Waals surface area contributed by atoms with E-state index in [-0.39, 0.29) is 0 Å². The Morgan fingerprint density at radius 3 is 3.06 bits per heavy atom. The topological polar surface area (TPSA) is 49.0 Å². The van der Waals surface area contributed by atoms with Crippen LogP contribution in [0.1, 0.15) is 49.9 Å². The van der Waals surface area contributed by atoms with Gasteiger partial charge in [0.05, 0.1) is 24.3 Å². The Morgan fingerprint density at radius 2 is 2.22 bits per heavy atom. The zero-order valence-electron chi connectivity index (χ0n) is 10.8. The number of H-pyrrole nitrogens is 1. The molecule has 4 heteroatoms. The molecule has 2 aliphatic rings. The number of aromatic amines is 1. The average Bonchev–Trinajstić information content (AvgIpc) is 2.87. The van der Waals surface area contributed by atoms with Crippen LogP contribution in [0.4, 0.5) is 0 Å². The highest BCUT2D eigenvalue weighted by molar-refractivity contribution is 5.76. The maximum atomic E-state index is 12.3. The summed E-state index contributed by atoms with van der Waals surface area (Å²) in [6, 6.07) is 0. The Kier molecular flexibility index (Phi) is 3.35. The molecule has 0 aromatic carbocycles. The molecule has 0 radical (unpaired) electrons. The van der Waals surface area contributed by atoms with Crippen LogP contribution < -0.4 is 0 Å². The van der Waals surface area contributed by atoms with E-state index in [9.17, 15) is 4.79 Å². The summed E-state index contributed by atoms with van der Waals surface area (Å²) in [6.07, 6.45) is 9.85. The summed E-state index contributed by atoms with van der Waals surface area (Å²) in [4.78, 5) is 21.7. The number of hydrogen-bond acceptors (Lipinski definition) is 2. The molecule has 1 aromatic heterocycles. The maximum Gasteiger partial charge on any atom is 0.223 e. The zero-order chi connectivity index (χ0) is 12.4. The third kappa shape index (κ3) is 2.42. The fourth-order valence-electron chi connectivity index (χ4n) is 3.19. The highest BCUT2D eigenvalue weighted by Crippen LogP contribution is 2.27. The van der Waals surface area contributed by atoms with Crippen LogP contribution in [0.5, 0.6) is 0 Å². The van der Waals surface area contributed by atoms with Gasteiger partial charge in [0.15, 0.2) is 0 Å². The van der Waals surface area contributed by atoms with Crippen molar-refractivity contribution in [2.24, 2.45) is 5.92 Å². The number of rotatable bonds is 2. The largest absolute Gasteiger partial charge is 0.347 e. The molecule has 0 bridgehead atoms. The SMILES string of the molecule is O=C(CC1CCCCC1)N1CCc2nc[nH]c2C1. The van der Waals surface area contributed by atoms with Crippen molar-refractivity contribution in [3.05, 3.63) is 17.7 Å². The molecular formula is C14H21N3O. The number of carbonyl (C=O) groups excluding carboxylic acids is 1. The van der Waals surface area contributed by atoms with Gasteiger partial charge in [0.25, 0.3) is 0 Å². The van der Waals surface area contributed by atoms with Crippen LogP contribution in [0.15, 0.2) is 6.33 Å². The second kappa shape index (κ2) is 5.12. The van der Waals surface area contributed by atoms with Crippen LogP contribution >= 0.6 is 0 Å². The minimum Gasteiger partial charge on any atom is -0.347 e. The summed E-state index contributed by atoms with van der Waals surface area (Å²) in [5.74, 6) is 0.969. The summed E-state index contributed by atoms with van der Waals surface area (Å²) in [5.41, 5.74) is 2.26. The van der Waals surface area contributed by atoms with Crippen molar-refractivity contribution >= 4 is 5.91 Å². The molecule has 0 saturated heterocycles. The first kappa shape index (κ1) is 11.8. The van der Waals surface area contributed by atoms with Crippen molar-refractivity contribution < 1.29 is 4.79 Å². The lowest BCUT2D eigenvalue weighted by Gasteiger charge is -2.29. The van der Waals surface area contributed by atoms with E-state index in [1.165, 1.54) is 32.1 Å². The van der Waals surface area contributed by atoms with Gasteiger partial charge in [0.2, 0.25) is 5.91 Å². The second-order valence-corrected chi connectivity index (χ2v) is 5.60. The van der Waals surface area contributed by atoms with Gasteiger partial charge in [-0.1, -0.05) is 19.3 Å². The molecule has 1 saturated carbocycles. The number of hydrogen-bond donors (Lipinski definition) is 1. The first-order chi connectivity index (χ1) is 8.83. The summed E-state index contributed by atoms with van der Waals surface area (Å²) >= 11 is 0. The highest BCUT2D eigenvalue weighted by Gasteiger charge is 2.25. The molecule has 1 amide bonds. The van der Waals surface area contributed by atoms with E-state index in [4.69, 9.17) is 0 Å². The summed E-state index contributed by atoms with van der Waals surface area (Å²) in [6.45, 7) is 1.56. The Hall–Kier alpha value is -1.32. The van der Waals surface area contributed by atoms with Crippen LogP contribution in [0.3, 0.4) is 0 Å². The van der Waals surface area contributed by atoms with E-state index >= 15 is 0 Å². The molecule has 1 N–H and O–H groups in total. The molecule has 18 heavy (non-hydrogen) atoms. The van der Waals surface area contributed by atoms with Gasteiger partial charge in [-0.2, -0.15) is 0 Å². The molecule has 0 atom stereocenters. The average molecular weight is 247 g/mol. The second-order valence-electron chi connectivity index (χ2n) is 5.60. The maximum absolute atomic E-state index is 12.3. The van der Waals surface area contributed by atoms with Gasteiger partial charge in [-0.25, -0.2) is 4.98 Å². The van der Waals surface area contributed by atoms with Crippen molar-refractivity contribution in [3.63, 3.8) is 0 Å². The standard InChI is InChI=1S/C14H21N3O/c18-14(8-11-4-2-1-3-5-11)17-7-6-12-13(9-17)16-10-15-12/h10-11H,1-9H2,(H,15,16). The van der Waals surface area contributed by atoms with E-state index < -0.39 is 0 Å². The third-order valence-corrected chi connectivity index (χ3v) is 4.32. The van der Waals surface area contributed by atoms with Crippen molar-refractivity contribution in [3.8, 4) is 0 Å². The van der Waals surface area contributed by atoms with Crippen LogP contribution in [0.25, 0.3) is 0 Å². The molecule has 1 fully saturated rings. The number of nitrogens with one attached hydrogen (secondary N) is 1. The van der Waals surface area contributed by atoms with Gasteiger partial charge in [-0.15, -0.1) is 0 Å². The minimum absolute atomic E-state index is 0.335. The molecule has 1 aliphatic heterocycles. The molecule has 0 unspecified atom stereocenters. The van der Waals surface area contributed by atoms with Gasteiger partial charge in [-0.3, -0.25) is 4.79 Å². The number of imidazole rings is 1. The Bertz CT molecular complexity index is 420. The first-order valence-electron chi connectivity index (χ1n) is 7.12. The predicted molar refractivity (Wildman–Crippen MR) is 68.9 cm³/mol. The molecule has 4 nitrogen and oxygen atoms in total. The zero-order valence-corrected chi connectivity index (χ0v) is 10.8. The predicted octanol–water partition coefficient (Wildman–Crippen LogP) is 2.26. The number of amides is 1. The molecule has 3 rings (SSSR count). The minimum atomic E-state index is 0.335. The molecule has 2 heterocycles. The lowest BCUT2D eigenvalue weighted by atomic mass is 9.86. The van der Waals surface area contributed by atoms with Crippen molar-refractivity contribution in [1.82, 2.24) is 14.9 Å². The van der Waals surface area contributed by atoms with Crippen molar-refractivity contribution in [2.45, 2.75) is 51.5 Å². The fraction of sp³-hybridized carbons (Fsp3) is 0.714. The molecule has 0 spiro atoms. The van der Waals surface area contributed by atoms with Gasteiger partial charge in [-0.05, 0) is 18.8 Å². The summed E-state index contributed by atoms with van der Waals surface area (Å²) in [7, 11) is 0. The van der Waals surface area contributed by atoms with E-state index in [1.807, 2.05) is 4.90 Å². The van der Waals surface area contributed by atoms with Gasteiger partial charge in [0.1, 0.15) is 0 Å². The fourth-order valence-corrected chi connectivity index (χ4v) is 3.19. The van der Waals surface area contributed by atoms with Crippen LogP contribution in [-0.4, -0.2) is 27.3 Å². The van der Waals surface area contributed by atoms with Gasteiger partial charge in [0, 0.05) is 19.4 Å². The van der Waals surface area contributed by atoms with E-state index in [0.29, 0.717) is 11.8 Å². The summed E-state index contributed by atoms with van der Waals surface area (Å²) in [5, 5.41) is 0. The lowest BCUT2D eigenvalue weighted by molar-refractivity contribution is -0.133. The first-order valence-corrected chi connectivity index (χ1v) is 7.12. The smallest absolute Gasteiger partial charge is 0.223 e. The summed E-state index contributed by atoms with van der Waals surface area (Å²) < 4.78 is 0. The number of fused-ring (bicyclic) bond motifs is 1.